The molecule has 1 heterocycles. The zero-order valence-electron chi connectivity index (χ0n) is 12.0. The molecule has 0 radical (unpaired) electrons. The van der Waals surface area contributed by atoms with Crippen LogP contribution in [0.2, 0.25) is 0 Å². The van der Waals surface area contributed by atoms with Gasteiger partial charge < -0.3 is 14.8 Å². The molecule has 0 fully saturated rings. The van der Waals surface area contributed by atoms with Crippen LogP contribution < -0.4 is 14.8 Å². The average Bonchev–Trinajstić information content (AvgIpc) is 2.52. The number of hydrogen-bond acceptors (Lipinski definition) is 3. The summed E-state index contributed by atoms with van der Waals surface area (Å²) in [6.07, 6.45) is 0. The summed E-state index contributed by atoms with van der Waals surface area (Å²) in [4.78, 5) is 0. The lowest BCUT2D eigenvalue weighted by Crippen LogP contribution is -2.15. The number of benzene rings is 2. The van der Waals surface area contributed by atoms with Crippen LogP contribution in [-0.4, -0.2) is 19.8 Å². The van der Waals surface area contributed by atoms with Crippen molar-refractivity contribution in [2.45, 2.75) is 13.5 Å². The average molecular weight is 287 g/mol. The van der Waals surface area contributed by atoms with Crippen molar-refractivity contribution in [2.75, 3.05) is 19.8 Å². The molecule has 3 nitrogen and oxygen atoms in total. The van der Waals surface area contributed by atoms with Crippen LogP contribution in [0.15, 0.2) is 36.4 Å². The highest BCUT2D eigenvalue weighted by Gasteiger charge is 2.14. The molecular formula is C17H18FNO2. The summed E-state index contributed by atoms with van der Waals surface area (Å²) in [6.45, 7) is 4.65. The van der Waals surface area contributed by atoms with Crippen LogP contribution in [0.1, 0.15) is 12.5 Å². The topological polar surface area (TPSA) is 30.5 Å². The molecule has 0 atom stereocenters. The Morgan fingerprint density at radius 3 is 2.62 bits per heavy atom. The summed E-state index contributed by atoms with van der Waals surface area (Å²) in [5.74, 6) is 1.17. The second-order valence-electron chi connectivity index (χ2n) is 4.95. The summed E-state index contributed by atoms with van der Waals surface area (Å²) in [5.41, 5.74) is 2.31. The third-order valence-corrected chi connectivity index (χ3v) is 3.47. The Morgan fingerprint density at radius 2 is 1.86 bits per heavy atom. The highest BCUT2D eigenvalue weighted by molar-refractivity contribution is 5.68. The van der Waals surface area contributed by atoms with E-state index < -0.39 is 0 Å². The van der Waals surface area contributed by atoms with E-state index in [0.717, 1.165) is 17.7 Å². The second-order valence-corrected chi connectivity index (χ2v) is 4.95. The van der Waals surface area contributed by atoms with Gasteiger partial charge in [-0.2, -0.15) is 0 Å². The molecule has 2 aromatic carbocycles. The molecule has 0 saturated carbocycles. The molecule has 0 saturated heterocycles. The molecule has 1 N–H and O–H groups in total. The van der Waals surface area contributed by atoms with Crippen LogP contribution in [-0.2, 0) is 6.54 Å². The molecule has 0 bridgehead atoms. The number of hydrogen-bond donors (Lipinski definition) is 1. The molecule has 0 amide bonds. The van der Waals surface area contributed by atoms with E-state index in [4.69, 9.17) is 9.47 Å². The van der Waals surface area contributed by atoms with Crippen molar-refractivity contribution in [1.29, 1.82) is 0 Å². The molecular weight excluding hydrogens is 269 g/mol. The smallest absolute Gasteiger partial charge is 0.161 e. The van der Waals surface area contributed by atoms with Gasteiger partial charge in [0.1, 0.15) is 19.0 Å². The first kappa shape index (κ1) is 13.9. The van der Waals surface area contributed by atoms with Gasteiger partial charge >= 0.3 is 0 Å². The monoisotopic (exact) mass is 287 g/mol. The quantitative estimate of drug-likeness (QED) is 0.935. The SMILES string of the molecule is CCNCc1ccc(-c2ccc3c(c2)OCCO3)c(F)c1. The standard InChI is InChI=1S/C17H18FNO2/c1-2-19-11-12-3-5-14(15(18)9-12)13-4-6-16-17(10-13)21-8-7-20-16/h3-6,9-10,19H,2,7-8,11H2,1H3. The zero-order chi connectivity index (χ0) is 14.7. The predicted molar refractivity (Wildman–Crippen MR) is 80.2 cm³/mol. The lowest BCUT2D eigenvalue weighted by molar-refractivity contribution is 0.171. The van der Waals surface area contributed by atoms with Crippen molar-refractivity contribution < 1.29 is 13.9 Å². The van der Waals surface area contributed by atoms with Gasteiger partial charge in [-0.3, -0.25) is 0 Å². The van der Waals surface area contributed by atoms with Crippen molar-refractivity contribution in [2.24, 2.45) is 0 Å². The third-order valence-electron chi connectivity index (χ3n) is 3.47. The van der Waals surface area contributed by atoms with Gasteiger partial charge in [0.2, 0.25) is 0 Å². The Hall–Kier alpha value is -2.07. The van der Waals surface area contributed by atoms with Gasteiger partial charge in [-0.1, -0.05) is 25.1 Å². The fraction of sp³-hybridized carbons (Fsp3) is 0.294. The van der Waals surface area contributed by atoms with Crippen LogP contribution in [0.3, 0.4) is 0 Å². The van der Waals surface area contributed by atoms with Crippen LogP contribution >= 0.6 is 0 Å². The molecule has 3 rings (SSSR count). The Labute approximate surface area is 123 Å². The maximum Gasteiger partial charge on any atom is 0.161 e. The van der Waals surface area contributed by atoms with Gasteiger partial charge in [0, 0.05) is 12.1 Å². The van der Waals surface area contributed by atoms with E-state index in [0.29, 0.717) is 36.8 Å². The summed E-state index contributed by atoms with van der Waals surface area (Å²) in [6, 6.07) is 10.8. The van der Waals surface area contributed by atoms with Gasteiger partial charge in [0.15, 0.2) is 11.5 Å². The van der Waals surface area contributed by atoms with Crippen LogP contribution in [0.25, 0.3) is 11.1 Å². The Bertz CT molecular complexity index is 643. The van der Waals surface area contributed by atoms with Gasteiger partial charge in [-0.25, -0.2) is 4.39 Å². The summed E-state index contributed by atoms with van der Waals surface area (Å²) in [5, 5.41) is 3.19. The Balaban J connectivity index is 1.89. The maximum absolute atomic E-state index is 14.3. The van der Waals surface area contributed by atoms with E-state index in [-0.39, 0.29) is 5.82 Å². The molecule has 110 valence electrons. The molecule has 0 spiro atoms. The molecule has 0 aromatic heterocycles. The van der Waals surface area contributed by atoms with Gasteiger partial charge in [-0.05, 0) is 35.9 Å². The highest BCUT2D eigenvalue weighted by Crippen LogP contribution is 2.35. The Morgan fingerprint density at radius 1 is 1.05 bits per heavy atom. The van der Waals surface area contributed by atoms with E-state index in [9.17, 15) is 4.39 Å². The van der Waals surface area contributed by atoms with Gasteiger partial charge in [0.25, 0.3) is 0 Å². The van der Waals surface area contributed by atoms with Gasteiger partial charge in [-0.15, -0.1) is 0 Å². The molecule has 21 heavy (non-hydrogen) atoms. The fourth-order valence-corrected chi connectivity index (χ4v) is 2.38. The first-order valence-corrected chi connectivity index (χ1v) is 7.17. The summed E-state index contributed by atoms with van der Waals surface area (Å²) < 4.78 is 25.3. The van der Waals surface area contributed by atoms with Crippen molar-refractivity contribution >= 4 is 0 Å². The summed E-state index contributed by atoms with van der Waals surface area (Å²) in [7, 11) is 0. The van der Waals surface area contributed by atoms with E-state index >= 15 is 0 Å². The number of ether oxygens (including phenoxy) is 2. The summed E-state index contributed by atoms with van der Waals surface area (Å²) >= 11 is 0. The molecule has 2 aromatic rings. The second kappa shape index (κ2) is 6.14. The molecule has 1 aliphatic heterocycles. The highest BCUT2D eigenvalue weighted by atomic mass is 19.1. The van der Waals surface area contributed by atoms with Crippen LogP contribution in [0.4, 0.5) is 4.39 Å². The fourth-order valence-electron chi connectivity index (χ4n) is 2.38. The van der Waals surface area contributed by atoms with Gasteiger partial charge in [0.05, 0.1) is 0 Å². The lowest BCUT2D eigenvalue weighted by Gasteiger charge is -2.19. The van der Waals surface area contributed by atoms with E-state index in [1.54, 1.807) is 6.07 Å². The number of nitrogens with one attached hydrogen (secondary N) is 1. The number of halogens is 1. The molecule has 1 aliphatic rings. The predicted octanol–water partition coefficient (Wildman–Crippen LogP) is 3.37. The van der Waals surface area contributed by atoms with E-state index in [2.05, 4.69) is 5.32 Å². The first-order chi connectivity index (χ1) is 10.3. The van der Waals surface area contributed by atoms with Crippen molar-refractivity contribution in [3.05, 3.63) is 47.8 Å². The minimum Gasteiger partial charge on any atom is -0.486 e. The van der Waals surface area contributed by atoms with Crippen LogP contribution in [0.5, 0.6) is 11.5 Å². The normalized spacial score (nSPS) is 13.2. The van der Waals surface area contributed by atoms with Crippen molar-refractivity contribution in [3.8, 4) is 22.6 Å². The zero-order valence-corrected chi connectivity index (χ0v) is 12.0. The number of rotatable bonds is 4. The first-order valence-electron chi connectivity index (χ1n) is 7.17. The van der Waals surface area contributed by atoms with Crippen molar-refractivity contribution in [1.82, 2.24) is 5.32 Å². The van der Waals surface area contributed by atoms with E-state index in [1.807, 2.05) is 37.3 Å². The minimum absolute atomic E-state index is 0.220. The number of fused-ring (bicyclic) bond motifs is 1. The molecule has 0 aliphatic carbocycles. The minimum atomic E-state index is -0.220. The lowest BCUT2D eigenvalue weighted by atomic mass is 10.0. The van der Waals surface area contributed by atoms with Crippen molar-refractivity contribution in [3.63, 3.8) is 0 Å². The third kappa shape index (κ3) is 3.00. The largest absolute Gasteiger partial charge is 0.486 e. The molecule has 4 heteroatoms. The molecule has 0 unspecified atom stereocenters. The van der Waals surface area contributed by atoms with E-state index in [1.165, 1.54) is 0 Å². The maximum atomic E-state index is 14.3. The van der Waals surface area contributed by atoms with Crippen LogP contribution in [0, 0.1) is 5.82 Å². The Kier molecular flexibility index (Phi) is 4.06.